The molecule has 1 unspecified atom stereocenters. The van der Waals surface area contributed by atoms with Crippen LogP contribution in [-0.2, 0) is 4.79 Å². The van der Waals surface area contributed by atoms with Crippen LogP contribution in [0.2, 0.25) is 0 Å². The molecule has 1 aromatic carbocycles. The van der Waals surface area contributed by atoms with Crippen molar-refractivity contribution in [3.63, 3.8) is 0 Å². The lowest BCUT2D eigenvalue weighted by molar-refractivity contribution is -0.139. The van der Waals surface area contributed by atoms with Crippen LogP contribution in [0.15, 0.2) is 30.9 Å². The molecule has 5 nitrogen and oxygen atoms in total. The SMILES string of the molecule is C=CCNC(C(=O)O)c1ccc(OC(F)F)c(OCC)c1. The number of rotatable bonds is 9. The Morgan fingerprint density at radius 2 is 2.19 bits per heavy atom. The first kappa shape index (κ1) is 16.9. The van der Waals surface area contributed by atoms with E-state index in [0.717, 1.165) is 0 Å². The van der Waals surface area contributed by atoms with Gasteiger partial charge < -0.3 is 14.6 Å². The van der Waals surface area contributed by atoms with E-state index in [2.05, 4.69) is 16.6 Å². The maximum absolute atomic E-state index is 12.3. The van der Waals surface area contributed by atoms with Gasteiger partial charge in [-0.1, -0.05) is 12.1 Å². The normalized spacial score (nSPS) is 12.0. The zero-order valence-corrected chi connectivity index (χ0v) is 11.5. The quantitative estimate of drug-likeness (QED) is 0.686. The second-order valence-corrected chi connectivity index (χ2v) is 3.99. The highest BCUT2D eigenvalue weighted by Gasteiger charge is 2.21. The number of nitrogens with one attached hydrogen (secondary N) is 1. The number of aliphatic carboxylic acids is 1. The average Bonchev–Trinajstić information content (AvgIpc) is 2.41. The summed E-state index contributed by atoms with van der Waals surface area (Å²) in [5.41, 5.74) is 0.370. The number of hydrogen-bond donors (Lipinski definition) is 2. The number of carboxylic acid groups (broad SMARTS) is 1. The van der Waals surface area contributed by atoms with E-state index in [1.165, 1.54) is 24.3 Å². The molecule has 1 atom stereocenters. The van der Waals surface area contributed by atoms with E-state index >= 15 is 0 Å². The third-order valence-corrected chi connectivity index (χ3v) is 2.53. The number of benzene rings is 1. The zero-order valence-electron chi connectivity index (χ0n) is 11.5. The Kier molecular flexibility index (Phi) is 6.61. The van der Waals surface area contributed by atoms with Crippen LogP contribution in [-0.4, -0.2) is 30.8 Å². The van der Waals surface area contributed by atoms with Gasteiger partial charge in [-0.2, -0.15) is 8.78 Å². The first-order valence-electron chi connectivity index (χ1n) is 6.28. The van der Waals surface area contributed by atoms with Crippen molar-refractivity contribution in [3.8, 4) is 11.5 Å². The van der Waals surface area contributed by atoms with Crippen molar-refractivity contribution in [1.82, 2.24) is 5.32 Å². The highest BCUT2D eigenvalue weighted by atomic mass is 19.3. The second-order valence-electron chi connectivity index (χ2n) is 3.99. The van der Waals surface area contributed by atoms with Gasteiger partial charge in [0.05, 0.1) is 6.61 Å². The zero-order chi connectivity index (χ0) is 15.8. The maximum Gasteiger partial charge on any atom is 0.387 e. The van der Waals surface area contributed by atoms with Crippen molar-refractivity contribution in [2.75, 3.05) is 13.2 Å². The molecule has 1 aromatic rings. The van der Waals surface area contributed by atoms with Crippen LogP contribution in [0.25, 0.3) is 0 Å². The first-order chi connectivity index (χ1) is 9.99. The molecule has 0 aromatic heterocycles. The predicted octanol–water partition coefficient (Wildman–Crippen LogP) is 2.59. The molecule has 0 bridgehead atoms. The van der Waals surface area contributed by atoms with Crippen LogP contribution in [0.5, 0.6) is 11.5 Å². The fourth-order valence-electron chi connectivity index (χ4n) is 1.71. The average molecular weight is 301 g/mol. The molecule has 0 aliphatic rings. The van der Waals surface area contributed by atoms with Crippen molar-refractivity contribution >= 4 is 5.97 Å². The highest BCUT2D eigenvalue weighted by Crippen LogP contribution is 2.32. The van der Waals surface area contributed by atoms with Gasteiger partial charge in [-0.25, -0.2) is 0 Å². The molecule has 7 heteroatoms. The number of hydrogen-bond acceptors (Lipinski definition) is 4. The van der Waals surface area contributed by atoms with E-state index in [1.54, 1.807) is 6.92 Å². The van der Waals surface area contributed by atoms with Crippen molar-refractivity contribution in [1.29, 1.82) is 0 Å². The van der Waals surface area contributed by atoms with E-state index in [1.807, 2.05) is 0 Å². The third kappa shape index (κ3) is 5.03. The number of ether oxygens (including phenoxy) is 2. The second kappa shape index (κ2) is 8.21. The van der Waals surface area contributed by atoms with Crippen LogP contribution >= 0.6 is 0 Å². The van der Waals surface area contributed by atoms with E-state index in [4.69, 9.17) is 4.74 Å². The van der Waals surface area contributed by atoms with E-state index < -0.39 is 18.6 Å². The number of carbonyl (C=O) groups is 1. The summed E-state index contributed by atoms with van der Waals surface area (Å²) in [4.78, 5) is 11.2. The fourth-order valence-corrected chi connectivity index (χ4v) is 1.71. The molecule has 0 aliphatic carbocycles. The van der Waals surface area contributed by atoms with Gasteiger partial charge >= 0.3 is 12.6 Å². The Balaban J connectivity index is 3.08. The summed E-state index contributed by atoms with van der Waals surface area (Å²) in [6.45, 7) is 2.72. The molecule has 1 rings (SSSR count). The Labute approximate surface area is 121 Å². The third-order valence-electron chi connectivity index (χ3n) is 2.53. The lowest BCUT2D eigenvalue weighted by atomic mass is 10.1. The minimum Gasteiger partial charge on any atom is -0.490 e. The number of halogens is 2. The van der Waals surface area contributed by atoms with Crippen molar-refractivity contribution in [2.24, 2.45) is 0 Å². The largest absolute Gasteiger partial charge is 0.490 e. The minimum atomic E-state index is -2.98. The molecule has 0 spiro atoms. The Bertz CT molecular complexity index is 494. The smallest absolute Gasteiger partial charge is 0.387 e. The van der Waals surface area contributed by atoms with Crippen LogP contribution in [0.4, 0.5) is 8.78 Å². The molecule has 0 amide bonds. The Hall–Kier alpha value is -2.15. The van der Waals surface area contributed by atoms with Crippen LogP contribution in [0, 0.1) is 0 Å². The van der Waals surface area contributed by atoms with Crippen molar-refractivity contribution in [2.45, 2.75) is 19.6 Å². The molecule has 0 fully saturated rings. The van der Waals surface area contributed by atoms with Gasteiger partial charge in [0.15, 0.2) is 11.5 Å². The van der Waals surface area contributed by atoms with Gasteiger partial charge in [0.25, 0.3) is 0 Å². The monoisotopic (exact) mass is 301 g/mol. The van der Waals surface area contributed by atoms with Crippen LogP contribution in [0.1, 0.15) is 18.5 Å². The lowest BCUT2D eigenvalue weighted by Gasteiger charge is -2.17. The predicted molar refractivity (Wildman–Crippen MR) is 72.8 cm³/mol. The topological polar surface area (TPSA) is 67.8 Å². The van der Waals surface area contributed by atoms with Crippen LogP contribution < -0.4 is 14.8 Å². The van der Waals surface area contributed by atoms with Crippen LogP contribution in [0.3, 0.4) is 0 Å². The Morgan fingerprint density at radius 1 is 1.48 bits per heavy atom. The summed E-state index contributed by atoms with van der Waals surface area (Å²) in [6, 6.07) is 3.03. The van der Waals surface area contributed by atoms with Gasteiger partial charge in [0, 0.05) is 6.54 Å². The number of alkyl halides is 2. The summed E-state index contributed by atoms with van der Waals surface area (Å²) < 4.78 is 34.1. The van der Waals surface area contributed by atoms with E-state index in [0.29, 0.717) is 5.56 Å². The standard InChI is InChI=1S/C14H17F2NO4/c1-3-7-17-12(13(18)19)9-5-6-10(21-14(15)16)11(8-9)20-4-2/h3,5-6,8,12,14,17H,1,4,7H2,2H3,(H,18,19). The molecule has 0 saturated carbocycles. The van der Waals surface area contributed by atoms with Gasteiger partial charge in [-0.15, -0.1) is 6.58 Å². The van der Waals surface area contributed by atoms with Gasteiger partial charge in [0.1, 0.15) is 6.04 Å². The van der Waals surface area contributed by atoms with E-state index in [-0.39, 0.29) is 24.7 Å². The minimum absolute atomic E-state index is 0.0713. The number of carboxylic acids is 1. The molecule has 21 heavy (non-hydrogen) atoms. The van der Waals surface area contributed by atoms with Crippen molar-refractivity contribution in [3.05, 3.63) is 36.4 Å². The van der Waals surface area contributed by atoms with E-state index in [9.17, 15) is 18.7 Å². The molecule has 116 valence electrons. The van der Waals surface area contributed by atoms with Gasteiger partial charge in [-0.05, 0) is 24.6 Å². The highest BCUT2D eigenvalue weighted by molar-refractivity contribution is 5.76. The molecule has 0 aliphatic heterocycles. The molecular formula is C14H17F2NO4. The first-order valence-corrected chi connectivity index (χ1v) is 6.28. The Morgan fingerprint density at radius 3 is 2.71 bits per heavy atom. The fraction of sp³-hybridized carbons (Fsp3) is 0.357. The summed E-state index contributed by atoms with van der Waals surface area (Å²) in [5, 5.41) is 12.0. The van der Waals surface area contributed by atoms with Gasteiger partial charge in [0.2, 0.25) is 0 Å². The summed E-state index contributed by atoms with van der Waals surface area (Å²) in [7, 11) is 0. The lowest BCUT2D eigenvalue weighted by Crippen LogP contribution is -2.28. The van der Waals surface area contributed by atoms with Crippen molar-refractivity contribution < 1.29 is 28.2 Å². The van der Waals surface area contributed by atoms with Gasteiger partial charge in [-0.3, -0.25) is 10.1 Å². The molecule has 0 saturated heterocycles. The molecule has 0 radical (unpaired) electrons. The molecular weight excluding hydrogens is 284 g/mol. The summed E-state index contributed by atoms with van der Waals surface area (Å²) >= 11 is 0. The molecule has 2 N–H and O–H groups in total. The summed E-state index contributed by atoms with van der Waals surface area (Å²) in [6.07, 6.45) is 1.52. The summed E-state index contributed by atoms with van der Waals surface area (Å²) in [5.74, 6) is -1.16. The molecule has 0 heterocycles. The maximum atomic E-state index is 12.3.